The summed E-state index contributed by atoms with van der Waals surface area (Å²) in [6, 6.07) is 11.3. The summed E-state index contributed by atoms with van der Waals surface area (Å²) in [6.45, 7) is 0.492. The summed E-state index contributed by atoms with van der Waals surface area (Å²) < 4.78 is 5.25. The van der Waals surface area contributed by atoms with Gasteiger partial charge >= 0.3 is 0 Å². The number of nitrogens with one attached hydrogen (secondary N) is 1. The van der Waals surface area contributed by atoms with Crippen LogP contribution in [0.5, 0.6) is 5.75 Å². The molecule has 136 valence electrons. The van der Waals surface area contributed by atoms with Gasteiger partial charge in [-0.1, -0.05) is 35.3 Å². The summed E-state index contributed by atoms with van der Waals surface area (Å²) >= 11 is 12.1. The number of para-hydroxylation sites is 2. The summed E-state index contributed by atoms with van der Waals surface area (Å²) in [4.78, 5) is 27.2. The van der Waals surface area contributed by atoms with Crippen molar-refractivity contribution in [2.45, 2.75) is 18.9 Å². The number of methoxy groups -OCH3 is 1. The van der Waals surface area contributed by atoms with Gasteiger partial charge in [-0.25, -0.2) is 0 Å². The number of carbonyl (C=O) groups excluding carboxylic acids is 2. The molecule has 26 heavy (non-hydrogen) atoms. The van der Waals surface area contributed by atoms with Crippen LogP contribution in [0.15, 0.2) is 42.5 Å². The number of nitrogens with zero attached hydrogens (tertiary/aromatic N) is 1. The van der Waals surface area contributed by atoms with Gasteiger partial charge in [-0.2, -0.15) is 0 Å². The van der Waals surface area contributed by atoms with Gasteiger partial charge < -0.3 is 15.0 Å². The molecular formula is C19H18Cl2N2O3. The van der Waals surface area contributed by atoms with E-state index in [1.54, 1.807) is 35.2 Å². The van der Waals surface area contributed by atoms with Crippen LogP contribution < -0.4 is 10.1 Å². The largest absolute Gasteiger partial charge is 0.495 e. The molecule has 0 aliphatic carbocycles. The maximum absolute atomic E-state index is 12.9. The van der Waals surface area contributed by atoms with Crippen molar-refractivity contribution in [3.05, 3.63) is 58.1 Å². The topological polar surface area (TPSA) is 58.6 Å². The molecule has 0 unspecified atom stereocenters. The molecule has 7 heteroatoms. The maximum Gasteiger partial charge on any atom is 0.256 e. The van der Waals surface area contributed by atoms with E-state index in [2.05, 4.69) is 5.32 Å². The van der Waals surface area contributed by atoms with Gasteiger partial charge in [0.25, 0.3) is 5.91 Å². The Balaban J connectivity index is 1.80. The Bertz CT molecular complexity index is 841. The lowest BCUT2D eigenvalue weighted by Crippen LogP contribution is -2.43. The minimum absolute atomic E-state index is 0.251. The lowest BCUT2D eigenvalue weighted by molar-refractivity contribution is -0.119. The van der Waals surface area contributed by atoms with Crippen LogP contribution in [0, 0.1) is 0 Å². The number of amides is 2. The molecule has 1 saturated heterocycles. The van der Waals surface area contributed by atoms with Crippen LogP contribution in [0.1, 0.15) is 23.2 Å². The number of rotatable bonds is 4. The molecule has 1 N–H and O–H groups in total. The van der Waals surface area contributed by atoms with Crippen molar-refractivity contribution in [2.24, 2.45) is 0 Å². The lowest BCUT2D eigenvalue weighted by Gasteiger charge is -2.25. The first-order valence-electron chi connectivity index (χ1n) is 8.21. The van der Waals surface area contributed by atoms with Crippen molar-refractivity contribution in [1.82, 2.24) is 4.90 Å². The highest BCUT2D eigenvalue weighted by molar-refractivity contribution is 6.35. The van der Waals surface area contributed by atoms with Crippen LogP contribution in [0.2, 0.25) is 10.0 Å². The molecule has 5 nitrogen and oxygen atoms in total. The molecule has 1 fully saturated rings. The zero-order valence-electron chi connectivity index (χ0n) is 14.2. The molecule has 0 spiro atoms. The van der Waals surface area contributed by atoms with Crippen LogP contribution in [0.3, 0.4) is 0 Å². The van der Waals surface area contributed by atoms with E-state index in [9.17, 15) is 9.59 Å². The van der Waals surface area contributed by atoms with E-state index >= 15 is 0 Å². The number of likely N-dealkylation sites (tertiary alicyclic amines) is 1. The van der Waals surface area contributed by atoms with Gasteiger partial charge in [-0.3, -0.25) is 9.59 Å². The monoisotopic (exact) mass is 392 g/mol. The van der Waals surface area contributed by atoms with Crippen LogP contribution in [-0.4, -0.2) is 36.4 Å². The van der Waals surface area contributed by atoms with E-state index in [-0.39, 0.29) is 11.8 Å². The van der Waals surface area contributed by atoms with E-state index in [0.29, 0.717) is 40.0 Å². The smallest absolute Gasteiger partial charge is 0.256 e. The number of ether oxygens (including phenoxy) is 1. The van der Waals surface area contributed by atoms with E-state index in [4.69, 9.17) is 27.9 Å². The molecule has 1 heterocycles. The third-order valence-corrected chi connectivity index (χ3v) is 4.90. The van der Waals surface area contributed by atoms with E-state index in [1.165, 1.54) is 13.2 Å². The fraction of sp³-hybridized carbons (Fsp3) is 0.263. The van der Waals surface area contributed by atoms with E-state index in [1.807, 2.05) is 6.07 Å². The number of halogens is 2. The van der Waals surface area contributed by atoms with Crippen LogP contribution in [-0.2, 0) is 4.79 Å². The number of benzene rings is 2. The standard InChI is InChI=1S/C19H18Cl2N2O3/c1-26-17-7-3-2-5-15(17)22-18(24)16-6-4-10-23(16)19(25)13-11-12(20)8-9-14(13)21/h2-3,5,7-9,11,16H,4,6,10H2,1H3,(H,22,24)/t16-/m1/s1. The molecule has 2 amide bonds. The second kappa shape index (κ2) is 7.98. The fourth-order valence-electron chi connectivity index (χ4n) is 3.06. The van der Waals surface area contributed by atoms with Gasteiger partial charge in [0.05, 0.1) is 23.4 Å². The average molecular weight is 393 g/mol. The van der Waals surface area contributed by atoms with Crippen molar-refractivity contribution in [3.8, 4) is 5.75 Å². The van der Waals surface area contributed by atoms with Crippen molar-refractivity contribution in [3.63, 3.8) is 0 Å². The molecule has 3 rings (SSSR count). The first-order chi connectivity index (χ1) is 12.5. The van der Waals surface area contributed by atoms with Gasteiger partial charge in [-0.15, -0.1) is 0 Å². The quantitative estimate of drug-likeness (QED) is 0.845. The van der Waals surface area contributed by atoms with Gasteiger partial charge in [-0.05, 0) is 43.2 Å². The number of anilines is 1. The molecule has 2 aromatic carbocycles. The second-order valence-electron chi connectivity index (χ2n) is 5.97. The molecular weight excluding hydrogens is 375 g/mol. The maximum atomic E-state index is 12.9. The minimum atomic E-state index is -0.567. The minimum Gasteiger partial charge on any atom is -0.495 e. The van der Waals surface area contributed by atoms with Crippen LogP contribution in [0.25, 0.3) is 0 Å². The van der Waals surface area contributed by atoms with Crippen molar-refractivity contribution in [1.29, 1.82) is 0 Å². The van der Waals surface area contributed by atoms with Gasteiger partial charge in [0.2, 0.25) is 5.91 Å². The third kappa shape index (κ3) is 3.79. The Morgan fingerprint density at radius 1 is 1.19 bits per heavy atom. The Morgan fingerprint density at radius 3 is 2.73 bits per heavy atom. The number of hydrogen-bond donors (Lipinski definition) is 1. The lowest BCUT2D eigenvalue weighted by atomic mass is 10.1. The Morgan fingerprint density at radius 2 is 1.96 bits per heavy atom. The summed E-state index contributed by atoms with van der Waals surface area (Å²) in [5.41, 5.74) is 0.872. The molecule has 0 saturated carbocycles. The molecule has 1 aliphatic heterocycles. The van der Waals surface area contributed by atoms with E-state index in [0.717, 1.165) is 6.42 Å². The van der Waals surface area contributed by atoms with Crippen molar-refractivity contribution < 1.29 is 14.3 Å². The number of carbonyl (C=O) groups is 2. The summed E-state index contributed by atoms with van der Waals surface area (Å²) in [5.74, 6) is 0.0169. The Kier molecular flexibility index (Phi) is 5.69. The highest BCUT2D eigenvalue weighted by Crippen LogP contribution is 2.28. The first-order valence-corrected chi connectivity index (χ1v) is 8.96. The second-order valence-corrected chi connectivity index (χ2v) is 6.81. The molecule has 1 aliphatic rings. The zero-order valence-corrected chi connectivity index (χ0v) is 15.7. The zero-order chi connectivity index (χ0) is 18.7. The van der Waals surface area contributed by atoms with Crippen LogP contribution in [0.4, 0.5) is 5.69 Å². The molecule has 0 radical (unpaired) electrons. The predicted octanol–water partition coefficient (Wildman–Crippen LogP) is 4.25. The van der Waals surface area contributed by atoms with E-state index < -0.39 is 6.04 Å². The number of hydrogen-bond acceptors (Lipinski definition) is 3. The van der Waals surface area contributed by atoms with Crippen molar-refractivity contribution >= 4 is 40.7 Å². The van der Waals surface area contributed by atoms with Gasteiger partial charge in [0, 0.05) is 11.6 Å². The highest BCUT2D eigenvalue weighted by Gasteiger charge is 2.35. The normalized spacial score (nSPS) is 16.4. The molecule has 1 atom stereocenters. The summed E-state index contributed by atoms with van der Waals surface area (Å²) in [5, 5.41) is 3.59. The fourth-order valence-corrected chi connectivity index (χ4v) is 3.43. The summed E-state index contributed by atoms with van der Waals surface area (Å²) in [6.07, 6.45) is 1.33. The Labute approximate surface area is 161 Å². The predicted molar refractivity (Wildman–Crippen MR) is 102 cm³/mol. The molecule has 2 aromatic rings. The van der Waals surface area contributed by atoms with Gasteiger partial charge in [0.1, 0.15) is 11.8 Å². The SMILES string of the molecule is COc1ccccc1NC(=O)[C@H]1CCCN1C(=O)c1cc(Cl)ccc1Cl. The first kappa shape index (κ1) is 18.5. The van der Waals surface area contributed by atoms with Crippen molar-refractivity contribution in [2.75, 3.05) is 19.0 Å². The van der Waals surface area contributed by atoms with Gasteiger partial charge in [0.15, 0.2) is 0 Å². The molecule has 0 aromatic heterocycles. The highest BCUT2D eigenvalue weighted by atomic mass is 35.5. The molecule has 0 bridgehead atoms. The average Bonchev–Trinajstić information content (AvgIpc) is 3.13. The summed E-state index contributed by atoms with van der Waals surface area (Å²) in [7, 11) is 1.54. The third-order valence-electron chi connectivity index (χ3n) is 4.34. The Hall–Kier alpha value is -2.24. The van der Waals surface area contributed by atoms with Crippen LogP contribution >= 0.6 is 23.2 Å².